The number of nitrogens with zero attached hydrogens (tertiary/aromatic N) is 1. The summed E-state index contributed by atoms with van der Waals surface area (Å²) in [7, 11) is -3.02. The first-order valence-electron chi connectivity index (χ1n) is 3.56. The molecule has 0 saturated carbocycles. The fourth-order valence-corrected chi connectivity index (χ4v) is 2.33. The zero-order chi connectivity index (χ0) is 8.48. The van der Waals surface area contributed by atoms with Gasteiger partial charge in [-0.2, -0.15) is 4.31 Å². The number of sulfonamides is 1. The lowest BCUT2D eigenvalue weighted by atomic mass is 10.3. The molecule has 0 aromatic heterocycles. The third-order valence-electron chi connectivity index (χ3n) is 1.73. The van der Waals surface area contributed by atoms with Gasteiger partial charge in [0, 0.05) is 12.6 Å². The second kappa shape index (κ2) is 3.08. The van der Waals surface area contributed by atoms with Gasteiger partial charge in [0.15, 0.2) is 0 Å². The van der Waals surface area contributed by atoms with Crippen LogP contribution in [0.2, 0.25) is 0 Å². The van der Waals surface area contributed by atoms with Crippen LogP contribution in [0.4, 0.5) is 0 Å². The Morgan fingerprint density at radius 3 is 2.55 bits per heavy atom. The van der Waals surface area contributed by atoms with Crippen molar-refractivity contribution in [2.45, 2.75) is 13.0 Å². The lowest BCUT2D eigenvalue weighted by molar-refractivity contribution is 0.0396. The normalized spacial score (nSPS) is 28.7. The predicted octanol–water partition coefficient (Wildman–Crippen LogP) is -0.333. The maximum absolute atomic E-state index is 11.1. The van der Waals surface area contributed by atoms with Gasteiger partial charge >= 0.3 is 0 Å². The van der Waals surface area contributed by atoms with Crippen LogP contribution in [-0.4, -0.2) is 44.8 Å². The van der Waals surface area contributed by atoms with Crippen LogP contribution < -0.4 is 0 Å². The molecule has 0 radical (unpaired) electrons. The summed E-state index contributed by atoms with van der Waals surface area (Å²) >= 11 is 0. The molecule has 0 aromatic carbocycles. The van der Waals surface area contributed by atoms with Gasteiger partial charge in [-0.15, -0.1) is 0 Å². The van der Waals surface area contributed by atoms with E-state index in [4.69, 9.17) is 4.74 Å². The molecule has 0 aliphatic carbocycles. The van der Waals surface area contributed by atoms with Gasteiger partial charge in [0.05, 0.1) is 19.5 Å². The average Bonchev–Trinajstić information content (AvgIpc) is 1.86. The molecule has 0 amide bonds. The summed E-state index contributed by atoms with van der Waals surface area (Å²) in [5.41, 5.74) is 0. The van der Waals surface area contributed by atoms with Crippen LogP contribution in [0.25, 0.3) is 0 Å². The van der Waals surface area contributed by atoms with Crippen molar-refractivity contribution in [3.05, 3.63) is 0 Å². The van der Waals surface area contributed by atoms with Crippen LogP contribution in [0.15, 0.2) is 0 Å². The van der Waals surface area contributed by atoms with E-state index in [1.165, 1.54) is 10.6 Å². The largest absolute Gasteiger partial charge is 0.378 e. The highest BCUT2D eigenvalue weighted by atomic mass is 32.2. The molecule has 0 bridgehead atoms. The van der Waals surface area contributed by atoms with Gasteiger partial charge in [-0.05, 0) is 6.92 Å². The quantitative estimate of drug-likeness (QED) is 0.553. The minimum atomic E-state index is -3.02. The second-order valence-corrected chi connectivity index (χ2v) is 4.73. The molecule has 5 heteroatoms. The molecule has 1 atom stereocenters. The van der Waals surface area contributed by atoms with E-state index < -0.39 is 10.0 Å². The summed E-state index contributed by atoms with van der Waals surface area (Å²) in [5, 5.41) is 0. The Kier molecular flexibility index (Phi) is 2.51. The van der Waals surface area contributed by atoms with Crippen molar-refractivity contribution < 1.29 is 13.2 Å². The van der Waals surface area contributed by atoms with E-state index in [9.17, 15) is 8.42 Å². The summed E-state index contributed by atoms with van der Waals surface area (Å²) in [5.74, 6) is 0. The Morgan fingerprint density at radius 2 is 2.18 bits per heavy atom. The van der Waals surface area contributed by atoms with Gasteiger partial charge in [-0.25, -0.2) is 8.42 Å². The van der Waals surface area contributed by atoms with Crippen LogP contribution in [0, 0.1) is 0 Å². The van der Waals surface area contributed by atoms with Crippen molar-refractivity contribution >= 4 is 10.0 Å². The van der Waals surface area contributed by atoms with E-state index in [1.54, 1.807) is 0 Å². The standard InChI is InChI=1S/C6H13NO3S/c1-6-5-10-4-3-7(6)11(2,8)9/h6H,3-5H2,1-2H3/t6-/m0/s1. The molecular weight excluding hydrogens is 166 g/mol. The van der Waals surface area contributed by atoms with Gasteiger partial charge in [0.1, 0.15) is 0 Å². The van der Waals surface area contributed by atoms with Crippen molar-refractivity contribution in [3.63, 3.8) is 0 Å². The minimum Gasteiger partial charge on any atom is -0.378 e. The molecule has 4 nitrogen and oxygen atoms in total. The highest BCUT2D eigenvalue weighted by molar-refractivity contribution is 7.88. The van der Waals surface area contributed by atoms with Crippen molar-refractivity contribution in [2.24, 2.45) is 0 Å². The molecular formula is C6H13NO3S. The molecule has 0 aromatic rings. The highest BCUT2D eigenvalue weighted by Gasteiger charge is 2.25. The first-order chi connectivity index (χ1) is 5.02. The minimum absolute atomic E-state index is 0.0150. The molecule has 0 N–H and O–H groups in total. The number of morpholine rings is 1. The van der Waals surface area contributed by atoms with E-state index in [1.807, 2.05) is 6.92 Å². The molecule has 0 unspecified atom stereocenters. The van der Waals surface area contributed by atoms with Crippen LogP contribution in [-0.2, 0) is 14.8 Å². The highest BCUT2D eigenvalue weighted by Crippen LogP contribution is 2.09. The Balaban J connectivity index is 2.70. The van der Waals surface area contributed by atoms with Crippen molar-refractivity contribution in [1.82, 2.24) is 4.31 Å². The van der Waals surface area contributed by atoms with Gasteiger partial charge in [0.2, 0.25) is 10.0 Å². The Bertz CT molecular complexity index is 224. The maximum Gasteiger partial charge on any atom is 0.211 e. The maximum atomic E-state index is 11.1. The molecule has 0 spiro atoms. The number of ether oxygens (including phenoxy) is 1. The summed E-state index contributed by atoms with van der Waals surface area (Å²) in [4.78, 5) is 0. The molecule has 1 fully saturated rings. The van der Waals surface area contributed by atoms with Gasteiger partial charge in [-0.3, -0.25) is 0 Å². The van der Waals surface area contributed by atoms with Gasteiger partial charge in [0.25, 0.3) is 0 Å². The van der Waals surface area contributed by atoms with Crippen LogP contribution >= 0.6 is 0 Å². The zero-order valence-electron chi connectivity index (χ0n) is 6.78. The zero-order valence-corrected chi connectivity index (χ0v) is 7.60. The Morgan fingerprint density at radius 1 is 1.55 bits per heavy atom. The topological polar surface area (TPSA) is 46.6 Å². The van der Waals surface area contributed by atoms with Crippen LogP contribution in [0.1, 0.15) is 6.92 Å². The second-order valence-electron chi connectivity index (χ2n) is 2.80. The smallest absolute Gasteiger partial charge is 0.211 e. The molecule has 1 heterocycles. The first-order valence-corrected chi connectivity index (χ1v) is 5.41. The summed E-state index contributed by atoms with van der Waals surface area (Å²) in [6, 6.07) is -0.0150. The number of hydrogen-bond donors (Lipinski definition) is 0. The fraction of sp³-hybridized carbons (Fsp3) is 1.00. The van der Waals surface area contributed by atoms with Crippen molar-refractivity contribution in [3.8, 4) is 0 Å². The molecule has 1 saturated heterocycles. The third kappa shape index (κ3) is 2.15. The van der Waals surface area contributed by atoms with Crippen LogP contribution in [0.3, 0.4) is 0 Å². The summed E-state index contributed by atoms with van der Waals surface area (Å²) in [6.45, 7) is 3.35. The Labute approximate surface area is 67.2 Å². The van der Waals surface area contributed by atoms with E-state index in [-0.39, 0.29) is 6.04 Å². The predicted molar refractivity (Wildman–Crippen MR) is 41.8 cm³/mol. The average molecular weight is 179 g/mol. The fourth-order valence-electron chi connectivity index (χ4n) is 1.20. The van der Waals surface area contributed by atoms with Crippen LogP contribution in [0.5, 0.6) is 0 Å². The monoisotopic (exact) mass is 179 g/mol. The van der Waals surface area contributed by atoms with E-state index >= 15 is 0 Å². The lowest BCUT2D eigenvalue weighted by Gasteiger charge is -2.30. The van der Waals surface area contributed by atoms with Crippen molar-refractivity contribution in [1.29, 1.82) is 0 Å². The SMILES string of the molecule is C[C@H]1COCCN1S(C)(=O)=O. The molecule has 1 rings (SSSR count). The molecule has 1 aliphatic rings. The molecule has 1 aliphatic heterocycles. The van der Waals surface area contributed by atoms with Gasteiger partial charge < -0.3 is 4.74 Å². The van der Waals surface area contributed by atoms with Crippen molar-refractivity contribution in [2.75, 3.05) is 26.0 Å². The van der Waals surface area contributed by atoms with E-state index in [0.717, 1.165) is 0 Å². The third-order valence-corrected chi connectivity index (χ3v) is 3.13. The van der Waals surface area contributed by atoms with E-state index in [2.05, 4.69) is 0 Å². The Hall–Kier alpha value is -0.130. The van der Waals surface area contributed by atoms with Gasteiger partial charge in [-0.1, -0.05) is 0 Å². The molecule has 66 valence electrons. The summed E-state index contributed by atoms with van der Waals surface area (Å²) < 4.78 is 28.7. The number of hydrogen-bond acceptors (Lipinski definition) is 3. The lowest BCUT2D eigenvalue weighted by Crippen LogP contribution is -2.46. The number of rotatable bonds is 1. The summed E-state index contributed by atoms with van der Waals surface area (Å²) in [6.07, 6.45) is 1.23. The molecule has 11 heavy (non-hydrogen) atoms. The first kappa shape index (κ1) is 8.96. The van der Waals surface area contributed by atoms with E-state index in [0.29, 0.717) is 19.8 Å².